The maximum Gasteiger partial charge on any atom is 0.318 e. The molecule has 0 aromatic heterocycles. The van der Waals surface area contributed by atoms with Crippen molar-refractivity contribution >= 4 is 40.3 Å². The summed E-state index contributed by atoms with van der Waals surface area (Å²) in [6, 6.07) is -1.53. The Balaban J connectivity index is 1.64. The Kier molecular flexibility index (Phi) is 8.34. The van der Waals surface area contributed by atoms with Crippen molar-refractivity contribution in [2.75, 3.05) is 32.9 Å². The number of rotatable bonds is 5. The summed E-state index contributed by atoms with van der Waals surface area (Å²) in [5.74, 6) is -0.00832. The van der Waals surface area contributed by atoms with Gasteiger partial charge >= 0.3 is 6.03 Å². The third-order valence-electron chi connectivity index (χ3n) is 5.75. The van der Waals surface area contributed by atoms with E-state index in [9.17, 15) is 14.4 Å². The Morgan fingerprint density at radius 1 is 1.14 bits per heavy atom. The zero-order chi connectivity index (χ0) is 19.9. The maximum atomic E-state index is 13.0. The average Bonchev–Trinajstić information content (AvgIpc) is 2.90. The van der Waals surface area contributed by atoms with Crippen LogP contribution in [-0.2, 0) is 19.1 Å². The lowest BCUT2D eigenvalue weighted by Gasteiger charge is -2.30. The van der Waals surface area contributed by atoms with Gasteiger partial charge in [-0.2, -0.15) is 0 Å². The van der Waals surface area contributed by atoms with E-state index < -0.39 is 12.1 Å². The monoisotopic (exact) mass is 507 g/mol. The molecule has 3 amide bonds. The lowest BCUT2D eigenvalue weighted by Crippen LogP contribution is -2.56. The Bertz CT molecular complexity index is 562. The van der Waals surface area contributed by atoms with Crippen molar-refractivity contribution in [1.29, 1.82) is 0 Å². The lowest BCUT2D eigenvalue weighted by molar-refractivity contribution is -0.127. The highest BCUT2D eigenvalue weighted by Crippen LogP contribution is 2.27. The highest BCUT2D eigenvalue weighted by molar-refractivity contribution is 14.1. The number of urea groups is 1. The molecule has 3 aliphatic rings. The fraction of sp³-hybridized carbons (Fsp3) is 0.842. The highest BCUT2D eigenvalue weighted by Gasteiger charge is 2.37. The van der Waals surface area contributed by atoms with Crippen molar-refractivity contribution in [1.82, 2.24) is 15.5 Å². The molecule has 1 saturated carbocycles. The van der Waals surface area contributed by atoms with Crippen molar-refractivity contribution in [3.63, 3.8) is 0 Å². The first-order chi connectivity index (χ1) is 13.5. The van der Waals surface area contributed by atoms with E-state index in [1.165, 1.54) is 25.7 Å². The van der Waals surface area contributed by atoms with Crippen LogP contribution in [0.25, 0.3) is 0 Å². The van der Waals surface area contributed by atoms with Crippen molar-refractivity contribution in [3.05, 3.63) is 0 Å². The first-order valence-electron chi connectivity index (χ1n) is 10.3. The van der Waals surface area contributed by atoms with E-state index in [0.717, 1.165) is 12.8 Å². The molecule has 8 nitrogen and oxygen atoms in total. The summed E-state index contributed by atoms with van der Waals surface area (Å²) >= 11 is 2.02. The fourth-order valence-electron chi connectivity index (χ4n) is 4.07. The first-order valence-corrected chi connectivity index (χ1v) is 11.5. The van der Waals surface area contributed by atoms with E-state index in [0.29, 0.717) is 38.6 Å². The summed E-state index contributed by atoms with van der Waals surface area (Å²) < 4.78 is 10.2. The third kappa shape index (κ3) is 6.03. The second kappa shape index (κ2) is 10.7. The molecule has 3 atom stereocenters. The van der Waals surface area contributed by atoms with Crippen LogP contribution in [0.3, 0.4) is 0 Å². The van der Waals surface area contributed by atoms with E-state index in [1.807, 2.05) is 22.6 Å². The summed E-state index contributed by atoms with van der Waals surface area (Å²) in [4.78, 5) is 39.3. The number of ether oxygens (including phenoxy) is 2. The molecule has 0 bridgehead atoms. The smallest absolute Gasteiger partial charge is 0.318 e. The maximum absolute atomic E-state index is 13.0. The van der Waals surface area contributed by atoms with Crippen molar-refractivity contribution < 1.29 is 23.9 Å². The van der Waals surface area contributed by atoms with Crippen LogP contribution in [0.4, 0.5) is 4.79 Å². The largest absolute Gasteiger partial charge is 0.378 e. The summed E-state index contributed by atoms with van der Waals surface area (Å²) in [6.45, 7) is 2.09. The topological polar surface area (TPSA) is 97.0 Å². The van der Waals surface area contributed by atoms with Gasteiger partial charge in [0.05, 0.1) is 13.2 Å². The molecule has 0 unspecified atom stereocenters. The second-order valence-electron chi connectivity index (χ2n) is 7.81. The van der Waals surface area contributed by atoms with Gasteiger partial charge in [0.1, 0.15) is 22.8 Å². The zero-order valence-electron chi connectivity index (χ0n) is 16.2. The van der Waals surface area contributed by atoms with Gasteiger partial charge in [-0.05, 0) is 34.9 Å². The average molecular weight is 507 g/mol. The molecule has 0 aromatic rings. The minimum Gasteiger partial charge on any atom is -0.378 e. The molecule has 2 heterocycles. The summed E-state index contributed by atoms with van der Waals surface area (Å²) in [7, 11) is 0. The Morgan fingerprint density at radius 2 is 1.82 bits per heavy atom. The molecule has 2 saturated heterocycles. The highest BCUT2D eigenvalue weighted by atomic mass is 127. The van der Waals surface area contributed by atoms with Crippen LogP contribution in [-0.4, -0.2) is 71.7 Å². The molecule has 3 rings (SSSR count). The van der Waals surface area contributed by atoms with Crippen molar-refractivity contribution in [2.24, 2.45) is 5.92 Å². The van der Waals surface area contributed by atoms with Gasteiger partial charge in [0.15, 0.2) is 5.78 Å². The predicted molar refractivity (Wildman–Crippen MR) is 111 cm³/mol. The second-order valence-corrected chi connectivity index (χ2v) is 9.04. The molecule has 2 N–H and O–H groups in total. The number of ketones is 1. The van der Waals surface area contributed by atoms with Crippen LogP contribution >= 0.6 is 22.6 Å². The number of Topliss-reactive ketones (excluding diaryl/α,β-unsaturated/α-hetero) is 1. The standard InChI is InChI=1S/C19H30IN3O5/c20-17-16(15(24)12-28-17)22-18(25)14(11-13-5-3-1-2-4-6-13)21-19(26)23-7-9-27-10-8-23/h13-14,16-17H,1-12H2,(H,21,26)(H,22,25)/t14-,16+,17+/m0/s1. The van der Waals surface area contributed by atoms with Gasteiger partial charge in [-0.3, -0.25) is 9.59 Å². The van der Waals surface area contributed by atoms with Gasteiger partial charge in [-0.15, -0.1) is 0 Å². The van der Waals surface area contributed by atoms with Crippen LogP contribution in [0.15, 0.2) is 0 Å². The number of halogens is 1. The molecule has 9 heteroatoms. The van der Waals surface area contributed by atoms with E-state index in [4.69, 9.17) is 9.47 Å². The van der Waals surface area contributed by atoms with E-state index in [-0.39, 0.29) is 28.4 Å². The molecule has 0 aromatic carbocycles. The van der Waals surface area contributed by atoms with Crippen molar-refractivity contribution in [2.45, 2.75) is 61.1 Å². The lowest BCUT2D eigenvalue weighted by atomic mass is 9.92. The van der Waals surface area contributed by atoms with Gasteiger partial charge in [-0.1, -0.05) is 38.5 Å². The minimum atomic E-state index is -0.648. The summed E-state index contributed by atoms with van der Waals surface area (Å²) in [5, 5.41) is 5.74. The molecular formula is C19H30IN3O5. The van der Waals surface area contributed by atoms with Gasteiger partial charge in [0, 0.05) is 13.1 Å². The molecule has 3 fully saturated rings. The number of alkyl halides is 1. The van der Waals surface area contributed by atoms with Crippen LogP contribution in [0, 0.1) is 5.92 Å². The number of hydrogen-bond donors (Lipinski definition) is 2. The molecular weight excluding hydrogens is 477 g/mol. The normalized spacial score (nSPS) is 27.9. The van der Waals surface area contributed by atoms with E-state index >= 15 is 0 Å². The predicted octanol–water partition coefficient (Wildman–Crippen LogP) is 1.60. The Morgan fingerprint density at radius 3 is 2.43 bits per heavy atom. The molecule has 2 aliphatic heterocycles. The number of nitrogens with one attached hydrogen (secondary N) is 2. The third-order valence-corrected chi connectivity index (χ3v) is 6.83. The minimum absolute atomic E-state index is 0.0198. The van der Waals surface area contributed by atoms with E-state index in [2.05, 4.69) is 10.6 Å². The molecule has 158 valence electrons. The quantitative estimate of drug-likeness (QED) is 0.335. The molecule has 0 spiro atoms. The molecule has 0 radical (unpaired) electrons. The van der Waals surface area contributed by atoms with Gasteiger partial charge < -0.3 is 25.0 Å². The number of hydrogen-bond acceptors (Lipinski definition) is 5. The molecule has 28 heavy (non-hydrogen) atoms. The number of carbonyl (C=O) groups excluding carboxylic acids is 3. The number of amides is 3. The van der Waals surface area contributed by atoms with Gasteiger partial charge in [0.2, 0.25) is 5.91 Å². The van der Waals surface area contributed by atoms with Gasteiger partial charge in [0.25, 0.3) is 0 Å². The zero-order valence-corrected chi connectivity index (χ0v) is 18.3. The summed E-state index contributed by atoms with van der Waals surface area (Å²) in [5.41, 5.74) is 0. The van der Waals surface area contributed by atoms with Crippen LogP contribution in [0.1, 0.15) is 44.9 Å². The van der Waals surface area contributed by atoms with Crippen molar-refractivity contribution in [3.8, 4) is 0 Å². The SMILES string of the molecule is O=C(N[C@@H]1C(=O)CO[C@H]1I)[C@H](CC1CCCCCC1)NC(=O)N1CCOCC1. The Hall–Kier alpha value is -0.940. The number of nitrogens with zero attached hydrogens (tertiary/aromatic N) is 1. The van der Waals surface area contributed by atoms with Crippen LogP contribution in [0.5, 0.6) is 0 Å². The Labute approximate surface area is 179 Å². The number of morpholine rings is 1. The first kappa shape index (κ1) is 21.8. The van der Waals surface area contributed by atoms with Gasteiger partial charge in [-0.25, -0.2) is 4.79 Å². The number of carbonyl (C=O) groups is 3. The molecule has 1 aliphatic carbocycles. The van der Waals surface area contributed by atoms with Crippen LogP contribution < -0.4 is 10.6 Å². The van der Waals surface area contributed by atoms with Crippen LogP contribution in [0.2, 0.25) is 0 Å². The summed E-state index contributed by atoms with van der Waals surface area (Å²) in [6.07, 6.45) is 7.57. The fourth-order valence-corrected chi connectivity index (χ4v) is 4.83. The van der Waals surface area contributed by atoms with E-state index in [1.54, 1.807) is 4.90 Å².